The molecule has 1 saturated heterocycles. The number of aromatic nitrogens is 2. The summed E-state index contributed by atoms with van der Waals surface area (Å²) in [6, 6.07) is 5.83. The predicted octanol–water partition coefficient (Wildman–Crippen LogP) is 3.16. The number of hydrogen-bond acceptors (Lipinski definition) is 4. The van der Waals surface area contributed by atoms with Crippen molar-refractivity contribution >= 4 is 29.0 Å². The van der Waals surface area contributed by atoms with E-state index in [0.29, 0.717) is 4.91 Å². The molecule has 1 aliphatic rings. The van der Waals surface area contributed by atoms with Crippen molar-refractivity contribution in [1.29, 1.82) is 0 Å². The highest BCUT2D eigenvalue weighted by atomic mass is 32.2. The van der Waals surface area contributed by atoms with Crippen LogP contribution in [-0.2, 0) is 4.79 Å². The number of terminal acetylenes is 1. The Balaban J connectivity index is 1.99. The Morgan fingerprint density at radius 1 is 1.38 bits per heavy atom. The van der Waals surface area contributed by atoms with Crippen LogP contribution in [0.5, 0.6) is 0 Å². The van der Waals surface area contributed by atoms with Crippen LogP contribution in [-0.4, -0.2) is 32.1 Å². The zero-order valence-electron chi connectivity index (χ0n) is 13.3. The Hall–Kier alpha value is -2.78. The number of aryl methyl sites for hydroxylation is 1. The van der Waals surface area contributed by atoms with Gasteiger partial charge in [-0.3, -0.25) is 19.5 Å². The van der Waals surface area contributed by atoms with E-state index in [4.69, 9.17) is 6.42 Å². The first-order chi connectivity index (χ1) is 11.5. The summed E-state index contributed by atoms with van der Waals surface area (Å²) in [6.07, 6.45) is 10.5. The molecule has 0 bridgehead atoms. The summed E-state index contributed by atoms with van der Waals surface area (Å²) >= 11 is 0.918. The largest absolute Gasteiger partial charge is 0.316 e. The number of rotatable bonds is 3. The lowest BCUT2D eigenvalue weighted by Gasteiger charge is -2.08. The maximum atomic E-state index is 12.3. The molecule has 0 aromatic carbocycles. The summed E-state index contributed by atoms with van der Waals surface area (Å²) in [7, 11) is 0. The lowest BCUT2D eigenvalue weighted by molar-refractivity contribution is -0.122. The van der Waals surface area contributed by atoms with Crippen LogP contribution in [0.4, 0.5) is 4.79 Å². The summed E-state index contributed by atoms with van der Waals surface area (Å²) in [4.78, 5) is 29.8. The quantitative estimate of drug-likeness (QED) is 0.638. The molecule has 0 unspecified atom stereocenters. The number of thioether (sulfide) groups is 1. The maximum Gasteiger partial charge on any atom is 0.294 e. The Bertz CT molecular complexity index is 891. The van der Waals surface area contributed by atoms with E-state index in [-0.39, 0.29) is 17.7 Å². The van der Waals surface area contributed by atoms with Gasteiger partial charge < -0.3 is 4.57 Å². The molecule has 2 amide bonds. The van der Waals surface area contributed by atoms with Gasteiger partial charge >= 0.3 is 0 Å². The highest BCUT2D eigenvalue weighted by Gasteiger charge is 2.34. The molecule has 24 heavy (non-hydrogen) atoms. The van der Waals surface area contributed by atoms with Crippen LogP contribution >= 0.6 is 11.8 Å². The van der Waals surface area contributed by atoms with Gasteiger partial charge in [-0.25, -0.2) is 0 Å². The highest BCUT2D eigenvalue weighted by molar-refractivity contribution is 8.18. The zero-order valence-corrected chi connectivity index (χ0v) is 14.1. The van der Waals surface area contributed by atoms with Gasteiger partial charge in [-0.05, 0) is 55.4 Å². The molecule has 0 atom stereocenters. The van der Waals surface area contributed by atoms with E-state index < -0.39 is 0 Å². The lowest BCUT2D eigenvalue weighted by atomic mass is 10.2. The van der Waals surface area contributed by atoms with Crippen molar-refractivity contribution in [3.63, 3.8) is 0 Å². The second-order valence-electron chi connectivity index (χ2n) is 5.35. The summed E-state index contributed by atoms with van der Waals surface area (Å²) in [5, 5.41) is -0.328. The minimum Gasteiger partial charge on any atom is -0.316 e. The first-order valence-electron chi connectivity index (χ1n) is 7.31. The molecule has 6 heteroatoms. The van der Waals surface area contributed by atoms with Gasteiger partial charge in [-0.15, -0.1) is 6.42 Å². The van der Waals surface area contributed by atoms with Crippen LogP contribution in [0.1, 0.15) is 17.0 Å². The van der Waals surface area contributed by atoms with E-state index in [0.717, 1.165) is 39.3 Å². The van der Waals surface area contributed by atoms with Gasteiger partial charge in [-0.2, -0.15) is 0 Å². The number of carbonyl (C=O) groups excluding carboxylic acids is 2. The minimum absolute atomic E-state index is 0.00326. The number of amides is 2. The Labute approximate surface area is 144 Å². The van der Waals surface area contributed by atoms with Crippen molar-refractivity contribution in [1.82, 2.24) is 14.5 Å². The van der Waals surface area contributed by atoms with Crippen LogP contribution < -0.4 is 0 Å². The Morgan fingerprint density at radius 2 is 2.17 bits per heavy atom. The van der Waals surface area contributed by atoms with E-state index >= 15 is 0 Å². The number of imide groups is 1. The van der Waals surface area contributed by atoms with Crippen molar-refractivity contribution in [3.8, 4) is 18.0 Å². The van der Waals surface area contributed by atoms with Crippen LogP contribution in [0.3, 0.4) is 0 Å². The first kappa shape index (κ1) is 16.1. The van der Waals surface area contributed by atoms with Crippen LogP contribution in [0, 0.1) is 26.2 Å². The molecule has 1 fully saturated rings. The number of carbonyl (C=O) groups is 2. The summed E-state index contributed by atoms with van der Waals surface area (Å²) in [6.45, 7) is 3.95. The summed E-state index contributed by atoms with van der Waals surface area (Å²) < 4.78 is 2.06. The number of pyridine rings is 1. The average Bonchev–Trinajstić information content (AvgIpc) is 2.99. The molecule has 2 aromatic rings. The third-order valence-electron chi connectivity index (χ3n) is 3.78. The molecule has 0 radical (unpaired) electrons. The zero-order chi connectivity index (χ0) is 17.3. The maximum absolute atomic E-state index is 12.3. The van der Waals surface area contributed by atoms with Crippen molar-refractivity contribution in [2.45, 2.75) is 13.8 Å². The third kappa shape index (κ3) is 2.74. The van der Waals surface area contributed by atoms with Crippen LogP contribution in [0.25, 0.3) is 11.8 Å². The molecular weight excluding hydrogens is 322 g/mol. The number of nitrogens with zero attached hydrogens (tertiary/aromatic N) is 3. The van der Waals surface area contributed by atoms with Crippen molar-refractivity contribution in [3.05, 3.63) is 52.4 Å². The average molecular weight is 337 g/mol. The fraction of sp³-hybridized carbons (Fsp3) is 0.167. The highest BCUT2D eigenvalue weighted by Crippen LogP contribution is 2.33. The smallest absolute Gasteiger partial charge is 0.294 e. The van der Waals surface area contributed by atoms with Gasteiger partial charge in [0, 0.05) is 17.6 Å². The fourth-order valence-electron chi connectivity index (χ4n) is 2.69. The SMILES string of the molecule is C#CCN1C(=O)SC(=Cc2cc(C)n(-c3cccnc3)c2C)C1=O. The molecule has 1 aliphatic heterocycles. The molecular formula is C18H15N3O2S. The molecule has 0 N–H and O–H groups in total. The van der Waals surface area contributed by atoms with E-state index in [9.17, 15) is 9.59 Å². The molecule has 0 aliphatic carbocycles. The van der Waals surface area contributed by atoms with Gasteiger partial charge in [0.25, 0.3) is 11.1 Å². The molecule has 3 heterocycles. The van der Waals surface area contributed by atoms with Gasteiger partial charge in [-0.1, -0.05) is 5.92 Å². The van der Waals surface area contributed by atoms with Crippen LogP contribution in [0.2, 0.25) is 0 Å². The van der Waals surface area contributed by atoms with E-state index in [2.05, 4.69) is 15.5 Å². The summed E-state index contributed by atoms with van der Waals surface area (Å²) in [5.74, 6) is 1.99. The minimum atomic E-state index is -0.339. The number of hydrogen-bond donors (Lipinski definition) is 0. The third-order valence-corrected chi connectivity index (χ3v) is 4.69. The van der Waals surface area contributed by atoms with Crippen LogP contribution in [0.15, 0.2) is 35.5 Å². The molecule has 0 saturated carbocycles. The van der Waals surface area contributed by atoms with Gasteiger partial charge in [0.1, 0.15) is 0 Å². The summed E-state index contributed by atoms with van der Waals surface area (Å²) in [5.41, 5.74) is 3.84. The standard InChI is InChI=1S/C18H15N3O2S/c1-4-8-20-17(22)16(24-18(20)23)10-14-9-12(2)21(13(14)3)15-6-5-7-19-11-15/h1,5-7,9-11H,8H2,2-3H3. The molecule has 120 valence electrons. The van der Waals surface area contributed by atoms with Crippen molar-refractivity contribution < 1.29 is 9.59 Å². The molecule has 0 spiro atoms. The normalized spacial score (nSPS) is 16.0. The second kappa shape index (κ2) is 6.38. The fourth-order valence-corrected chi connectivity index (χ4v) is 3.52. The van der Waals surface area contributed by atoms with Crippen molar-refractivity contribution in [2.24, 2.45) is 0 Å². The Morgan fingerprint density at radius 3 is 2.83 bits per heavy atom. The van der Waals surface area contributed by atoms with Crippen molar-refractivity contribution in [2.75, 3.05) is 6.54 Å². The van der Waals surface area contributed by atoms with E-state index in [1.807, 2.05) is 32.0 Å². The monoisotopic (exact) mass is 337 g/mol. The molecule has 3 rings (SSSR count). The first-order valence-corrected chi connectivity index (χ1v) is 8.12. The van der Waals surface area contributed by atoms with E-state index in [1.165, 1.54) is 0 Å². The topological polar surface area (TPSA) is 55.2 Å². The van der Waals surface area contributed by atoms with Gasteiger partial charge in [0.15, 0.2) is 0 Å². The molecule has 2 aromatic heterocycles. The molecule has 5 nitrogen and oxygen atoms in total. The second-order valence-corrected chi connectivity index (χ2v) is 6.34. The van der Waals surface area contributed by atoms with Gasteiger partial charge in [0.05, 0.1) is 23.3 Å². The van der Waals surface area contributed by atoms with Gasteiger partial charge in [0.2, 0.25) is 0 Å². The Kier molecular flexibility index (Phi) is 4.28. The lowest BCUT2D eigenvalue weighted by Crippen LogP contribution is -2.28. The van der Waals surface area contributed by atoms with E-state index in [1.54, 1.807) is 18.5 Å². The predicted molar refractivity (Wildman–Crippen MR) is 94.5 cm³/mol.